The number of benzene rings is 2. The molecular formula is C22H18F3N3O4. The molecular weight excluding hydrogens is 427 g/mol. The number of nitrogens with zero attached hydrogens (tertiary/aromatic N) is 2. The summed E-state index contributed by atoms with van der Waals surface area (Å²) in [7, 11) is 1.26. The van der Waals surface area contributed by atoms with Gasteiger partial charge in [-0.05, 0) is 42.8 Å². The maximum Gasteiger partial charge on any atom is 0.416 e. The lowest BCUT2D eigenvalue weighted by atomic mass is 10.1. The maximum absolute atomic E-state index is 13.0. The quantitative estimate of drug-likeness (QED) is 0.609. The van der Waals surface area contributed by atoms with Crippen molar-refractivity contribution in [1.29, 1.82) is 0 Å². The summed E-state index contributed by atoms with van der Waals surface area (Å²) >= 11 is 0. The predicted molar refractivity (Wildman–Crippen MR) is 109 cm³/mol. The van der Waals surface area contributed by atoms with E-state index in [-0.39, 0.29) is 17.9 Å². The highest BCUT2D eigenvalue weighted by atomic mass is 19.4. The number of hydrogen-bond acceptors (Lipinski definition) is 5. The molecule has 0 aliphatic heterocycles. The smallest absolute Gasteiger partial charge is 0.416 e. The van der Waals surface area contributed by atoms with Gasteiger partial charge in [0.2, 0.25) is 5.43 Å². The molecule has 0 unspecified atom stereocenters. The van der Waals surface area contributed by atoms with Gasteiger partial charge in [-0.25, -0.2) is 9.48 Å². The zero-order valence-corrected chi connectivity index (χ0v) is 17.1. The van der Waals surface area contributed by atoms with E-state index >= 15 is 0 Å². The molecule has 3 rings (SSSR count). The number of rotatable bonds is 5. The van der Waals surface area contributed by atoms with Crippen LogP contribution in [0.5, 0.6) is 0 Å². The molecule has 0 saturated carbocycles. The van der Waals surface area contributed by atoms with Gasteiger partial charge in [-0.15, -0.1) is 0 Å². The van der Waals surface area contributed by atoms with Crippen LogP contribution in [-0.2, 0) is 17.5 Å². The number of aromatic nitrogens is 2. The molecule has 0 aliphatic carbocycles. The van der Waals surface area contributed by atoms with Crippen LogP contribution in [0, 0.1) is 6.92 Å². The minimum absolute atomic E-state index is 0.0405. The van der Waals surface area contributed by atoms with Gasteiger partial charge >= 0.3 is 12.1 Å². The summed E-state index contributed by atoms with van der Waals surface area (Å²) in [5.41, 5.74) is -0.683. The van der Waals surface area contributed by atoms with Gasteiger partial charge in [0, 0.05) is 18.3 Å². The van der Waals surface area contributed by atoms with E-state index in [9.17, 15) is 27.6 Å². The van der Waals surface area contributed by atoms with E-state index in [1.165, 1.54) is 38.3 Å². The largest absolute Gasteiger partial charge is 0.465 e. The van der Waals surface area contributed by atoms with Crippen LogP contribution in [0.4, 0.5) is 13.2 Å². The molecule has 1 aromatic heterocycles. The zero-order chi connectivity index (χ0) is 23.5. The van der Waals surface area contributed by atoms with Crippen molar-refractivity contribution in [3.8, 4) is 5.69 Å². The third-order valence-corrected chi connectivity index (χ3v) is 4.57. The third-order valence-electron chi connectivity index (χ3n) is 4.57. The monoisotopic (exact) mass is 445 g/mol. The Bertz CT molecular complexity index is 1220. The Morgan fingerprint density at radius 3 is 2.41 bits per heavy atom. The van der Waals surface area contributed by atoms with Gasteiger partial charge in [0.1, 0.15) is 0 Å². The van der Waals surface area contributed by atoms with Crippen molar-refractivity contribution in [1.82, 2.24) is 15.1 Å². The molecule has 0 bridgehead atoms. The second-order valence-electron chi connectivity index (χ2n) is 6.83. The molecule has 0 saturated heterocycles. The summed E-state index contributed by atoms with van der Waals surface area (Å²) in [4.78, 5) is 36.3. The summed E-state index contributed by atoms with van der Waals surface area (Å²) in [6.07, 6.45) is -4.55. The van der Waals surface area contributed by atoms with Gasteiger partial charge in [-0.2, -0.15) is 18.3 Å². The SMILES string of the molecule is COC(=O)c1ccc(CNC(=O)c2nn(-c3cccc(C(F)(F)F)c3)c(C)cc2=O)cc1. The Kier molecular flexibility index (Phi) is 6.42. The van der Waals surface area contributed by atoms with Crippen molar-refractivity contribution in [3.63, 3.8) is 0 Å². The van der Waals surface area contributed by atoms with Crippen LogP contribution in [-0.4, -0.2) is 28.8 Å². The number of ether oxygens (including phenoxy) is 1. The third kappa shape index (κ3) is 5.02. The molecule has 3 aromatic rings. The minimum atomic E-state index is -4.55. The molecule has 0 spiro atoms. The van der Waals surface area contributed by atoms with Crippen LogP contribution in [0.1, 0.15) is 37.7 Å². The van der Waals surface area contributed by atoms with Crippen molar-refractivity contribution < 1.29 is 27.5 Å². The Morgan fingerprint density at radius 1 is 1.09 bits per heavy atom. The normalized spacial score (nSPS) is 11.2. The van der Waals surface area contributed by atoms with E-state index in [1.54, 1.807) is 12.1 Å². The number of carbonyl (C=O) groups excluding carboxylic acids is 2. The Balaban J connectivity index is 1.83. The fourth-order valence-corrected chi connectivity index (χ4v) is 2.92. The summed E-state index contributed by atoms with van der Waals surface area (Å²) in [6.45, 7) is 1.54. The minimum Gasteiger partial charge on any atom is -0.465 e. The topological polar surface area (TPSA) is 90.3 Å². The van der Waals surface area contributed by atoms with E-state index in [4.69, 9.17) is 0 Å². The second-order valence-corrected chi connectivity index (χ2v) is 6.83. The van der Waals surface area contributed by atoms with E-state index in [0.29, 0.717) is 11.1 Å². The molecule has 1 N–H and O–H groups in total. The van der Waals surface area contributed by atoms with Crippen molar-refractivity contribution in [3.05, 3.63) is 92.9 Å². The molecule has 0 aliphatic rings. The Hall–Kier alpha value is -3.95. The molecule has 10 heteroatoms. The van der Waals surface area contributed by atoms with Crippen molar-refractivity contribution >= 4 is 11.9 Å². The lowest BCUT2D eigenvalue weighted by Crippen LogP contribution is -2.31. The Morgan fingerprint density at radius 2 is 1.78 bits per heavy atom. The van der Waals surface area contributed by atoms with Crippen molar-refractivity contribution in [2.45, 2.75) is 19.6 Å². The number of hydrogen-bond donors (Lipinski definition) is 1. The molecule has 7 nitrogen and oxygen atoms in total. The molecule has 32 heavy (non-hydrogen) atoms. The lowest BCUT2D eigenvalue weighted by molar-refractivity contribution is -0.137. The molecule has 1 heterocycles. The van der Waals surface area contributed by atoms with E-state index < -0.39 is 34.7 Å². The van der Waals surface area contributed by atoms with E-state index in [0.717, 1.165) is 22.9 Å². The van der Waals surface area contributed by atoms with Crippen LogP contribution in [0.2, 0.25) is 0 Å². The molecule has 0 radical (unpaired) electrons. The number of carbonyl (C=O) groups is 2. The molecule has 166 valence electrons. The predicted octanol–water partition coefficient (Wildman–Crippen LogP) is 3.28. The van der Waals surface area contributed by atoms with Gasteiger partial charge in [0.25, 0.3) is 5.91 Å². The number of esters is 1. The first kappa shape index (κ1) is 22.7. The molecule has 0 fully saturated rings. The van der Waals surface area contributed by atoms with Crippen molar-refractivity contribution in [2.24, 2.45) is 0 Å². The zero-order valence-electron chi connectivity index (χ0n) is 17.1. The molecule has 2 aromatic carbocycles. The number of methoxy groups -OCH3 is 1. The van der Waals surface area contributed by atoms with Crippen molar-refractivity contribution in [2.75, 3.05) is 7.11 Å². The van der Waals surface area contributed by atoms with Crippen LogP contribution < -0.4 is 10.7 Å². The maximum atomic E-state index is 13.0. The van der Waals surface area contributed by atoms with Gasteiger partial charge in [-0.1, -0.05) is 18.2 Å². The lowest BCUT2D eigenvalue weighted by Gasteiger charge is -2.13. The van der Waals surface area contributed by atoms with E-state index in [2.05, 4.69) is 15.2 Å². The highest BCUT2D eigenvalue weighted by Crippen LogP contribution is 2.30. The number of alkyl halides is 3. The molecule has 1 amide bonds. The first-order chi connectivity index (χ1) is 15.1. The highest BCUT2D eigenvalue weighted by Gasteiger charge is 2.30. The number of nitrogens with one attached hydrogen (secondary N) is 1. The first-order valence-electron chi connectivity index (χ1n) is 9.34. The van der Waals surface area contributed by atoms with Gasteiger partial charge in [-0.3, -0.25) is 9.59 Å². The average Bonchev–Trinajstić information content (AvgIpc) is 2.77. The standard InChI is InChI=1S/C22H18F3N3O4/c1-13-10-18(29)19(27-28(13)17-5-3-4-16(11-17)22(23,24)25)20(30)26-12-14-6-8-15(9-7-14)21(31)32-2/h3-11H,12H2,1-2H3,(H,26,30). The fourth-order valence-electron chi connectivity index (χ4n) is 2.92. The Labute approximate surface area is 180 Å². The second kappa shape index (κ2) is 9.04. The number of amides is 1. The van der Waals surface area contributed by atoms with Crippen LogP contribution in [0.15, 0.2) is 59.4 Å². The fraction of sp³-hybridized carbons (Fsp3) is 0.182. The summed E-state index contributed by atoms with van der Waals surface area (Å²) < 4.78 is 44.8. The number of halogens is 3. The summed E-state index contributed by atoms with van der Waals surface area (Å²) in [6, 6.07) is 11.8. The first-order valence-corrected chi connectivity index (χ1v) is 9.34. The molecule has 0 atom stereocenters. The highest BCUT2D eigenvalue weighted by molar-refractivity contribution is 5.92. The summed E-state index contributed by atoms with van der Waals surface area (Å²) in [5, 5.41) is 6.53. The van der Waals surface area contributed by atoms with Crippen LogP contribution in [0.3, 0.4) is 0 Å². The average molecular weight is 445 g/mol. The van der Waals surface area contributed by atoms with E-state index in [1.807, 2.05) is 0 Å². The van der Waals surface area contributed by atoms with Gasteiger partial charge in [0.15, 0.2) is 5.69 Å². The van der Waals surface area contributed by atoms with Crippen LogP contribution >= 0.6 is 0 Å². The van der Waals surface area contributed by atoms with Crippen LogP contribution in [0.25, 0.3) is 5.69 Å². The van der Waals surface area contributed by atoms with Gasteiger partial charge in [0.05, 0.1) is 23.9 Å². The number of aryl methyl sites for hydroxylation is 1. The summed E-state index contributed by atoms with van der Waals surface area (Å²) in [5.74, 6) is -1.28. The van der Waals surface area contributed by atoms with Gasteiger partial charge < -0.3 is 10.1 Å².